The van der Waals surface area contributed by atoms with Gasteiger partial charge in [0.05, 0.1) is 11.1 Å². The normalized spacial score (nSPS) is 16.1. The zero-order valence-electron chi connectivity index (χ0n) is 15.0. The molecule has 0 radical (unpaired) electrons. The van der Waals surface area contributed by atoms with Crippen molar-refractivity contribution in [3.05, 3.63) is 40.4 Å². The average Bonchev–Trinajstić information content (AvgIpc) is 2.62. The van der Waals surface area contributed by atoms with Gasteiger partial charge in [0.25, 0.3) is 0 Å². The summed E-state index contributed by atoms with van der Waals surface area (Å²) in [5.41, 5.74) is -0.307. The monoisotopic (exact) mass is 397 g/mol. The van der Waals surface area contributed by atoms with Crippen LogP contribution < -0.4 is 10.5 Å². The van der Waals surface area contributed by atoms with Gasteiger partial charge in [-0.25, -0.2) is 13.2 Å². The molecular weight excluding hydrogens is 379 g/mol. The van der Waals surface area contributed by atoms with E-state index in [0.29, 0.717) is 37.0 Å². The zero-order valence-corrected chi connectivity index (χ0v) is 15.8. The first-order valence-electron chi connectivity index (χ1n) is 8.49. The molecule has 0 atom stereocenters. The van der Waals surface area contributed by atoms with E-state index in [1.54, 1.807) is 0 Å². The molecule has 5 nitrogen and oxygen atoms in total. The highest BCUT2D eigenvalue weighted by Gasteiger charge is 2.28. The van der Waals surface area contributed by atoms with Crippen LogP contribution in [0.3, 0.4) is 0 Å². The van der Waals surface area contributed by atoms with Gasteiger partial charge >= 0.3 is 0 Å². The molecule has 27 heavy (non-hydrogen) atoms. The van der Waals surface area contributed by atoms with Crippen molar-refractivity contribution in [2.45, 2.75) is 19.8 Å². The molecule has 1 aromatic carbocycles. The molecule has 3 rings (SSSR count). The van der Waals surface area contributed by atoms with Gasteiger partial charge in [0, 0.05) is 39.0 Å². The molecule has 1 saturated heterocycles. The Balaban J connectivity index is 2.36. The first kappa shape index (κ1) is 19.4. The van der Waals surface area contributed by atoms with Crippen molar-refractivity contribution in [3.8, 4) is 11.1 Å². The molecule has 2 aromatic rings. The van der Waals surface area contributed by atoms with Gasteiger partial charge in [0.1, 0.15) is 28.4 Å². The van der Waals surface area contributed by atoms with Gasteiger partial charge < -0.3 is 4.90 Å². The van der Waals surface area contributed by atoms with E-state index < -0.39 is 23.0 Å². The molecule has 1 aliphatic heterocycles. The maximum atomic E-state index is 14.5. The number of aromatic nitrogens is 2. The minimum Gasteiger partial charge on any atom is -0.356 e. The van der Waals surface area contributed by atoms with Crippen LogP contribution >= 0.6 is 11.6 Å². The van der Waals surface area contributed by atoms with Crippen LogP contribution in [0.4, 0.5) is 19.0 Å². The van der Waals surface area contributed by atoms with Crippen LogP contribution in [0.15, 0.2) is 22.2 Å². The minimum atomic E-state index is -1.07. The minimum absolute atomic E-state index is 0.000944. The molecule has 2 heterocycles. The highest BCUT2D eigenvalue weighted by atomic mass is 35.5. The fourth-order valence-corrected chi connectivity index (χ4v) is 3.52. The van der Waals surface area contributed by atoms with Gasteiger partial charge in [-0.3, -0.25) is 4.99 Å². The lowest BCUT2D eigenvalue weighted by Gasteiger charge is -2.34. The lowest BCUT2D eigenvalue weighted by Crippen LogP contribution is -2.38. The number of nitrogens with zero attached hydrogens (tertiary/aromatic N) is 5. The number of anilines is 1. The van der Waals surface area contributed by atoms with Crippen molar-refractivity contribution in [3.63, 3.8) is 0 Å². The standard InChI is InChI=1S/C18H19ClF3N5/c1-10-4-6-26(7-5-10)17-15(14-12(21)8-11(20)9-13(14)22)16(19)25-18(23-2)27(17)24-3/h8-10H,3-7H2,1-2H3. The fourth-order valence-electron chi connectivity index (χ4n) is 3.27. The van der Waals surface area contributed by atoms with E-state index in [1.807, 2.05) is 4.90 Å². The second-order valence-electron chi connectivity index (χ2n) is 6.49. The molecule has 9 heteroatoms. The third-order valence-corrected chi connectivity index (χ3v) is 4.97. The Kier molecular flexibility index (Phi) is 5.55. The molecule has 0 bridgehead atoms. The molecule has 1 aromatic heterocycles. The molecule has 0 amide bonds. The highest BCUT2D eigenvalue weighted by Crippen LogP contribution is 2.39. The molecule has 0 N–H and O–H groups in total. The van der Waals surface area contributed by atoms with Crippen LogP contribution in [0.2, 0.25) is 5.15 Å². The van der Waals surface area contributed by atoms with E-state index in [4.69, 9.17) is 11.6 Å². The summed E-state index contributed by atoms with van der Waals surface area (Å²) in [6.45, 7) is 6.94. The summed E-state index contributed by atoms with van der Waals surface area (Å²) in [4.78, 5) is 10.0. The second kappa shape index (κ2) is 7.72. The van der Waals surface area contributed by atoms with E-state index in [2.05, 4.69) is 28.7 Å². The maximum absolute atomic E-state index is 14.5. The smallest absolute Gasteiger partial charge is 0.248 e. The number of hydrogen-bond donors (Lipinski definition) is 0. The Morgan fingerprint density at radius 3 is 2.26 bits per heavy atom. The summed E-state index contributed by atoms with van der Waals surface area (Å²) in [6, 6.07) is 1.22. The van der Waals surface area contributed by atoms with Crippen molar-refractivity contribution < 1.29 is 13.2 Å². The Hall–Kier alpha value is -2.35. The van der Waals surface area contributed by atoms with Gasteiger partial charge in [0.15, 0.2) is 0 Å². The Labute approximate surface area is 159 Å². The third kappa shape index (κ3) is 3.58. The summed E-state index contributed by atoms with van der Waals surface area (Å²) >= 11 is 6.31. The van der Waals surface area contributed by atoms with E-state index in [-0.39, 0.29) is 16.3 Å². The lowest BCUT2D eigenvalue weighted by molar-refractivity contribution is 0.433. The highest BCUT2D eigenvalue weighted by molar-refractivity contribution is 6.32. The van der Waals surface area contributed by atoms with Crippen LogP contribution in [0.5, 0.6) is 0 Å². The summed E-state index contributed by atoms with van der Waals surface area (Å²) in [6.07, 6.45) is 1.78. The second-order valence-corrected chi connectivity index (χ2v) is 6.85. The van der Waals surface area contributed by atoms with E-state index in [1.165, 1.54) is 11.7 Å². The summed E-state index contributed by atoms with van der Waals surface area (Å²) in [7, 11) is 1.50. The Bertz CT molecular complexity index is 926. The number of hydrogen-bond acceptors (Lipinski definition) is 4. The number of benzene rings is 1. The van der Waals surface area contributed by atoms with Crippen LogP contribution in [0, 0.1) is 23.4 Å². The molecule has 1 fully saturated rings. The average molecular weight is 398 g/mol. The molecule has 1 aliphatic rings. The Morgan fingerprint density at radius 2 is 1.74 bits per heavy atom. The van der Waals surface area contributed by atoms with Crippen molar-refractivity contribution in [1.82, 2.24) is 9.66 Å². The molecule has 0 unspecified atom stereocenters. The fraction of sp³-hybridized carbons (Fsp3) is 0.389. The van der Waals surface area contributed by atoms with Gasteiger partial charge in [0.2, 0.25) is 5.62 Å². The van der Waals surface area contributed by atoms with Crippen LogP contribution in [-0.4, -0.2) is 36.5 Å². The summed E-state index contributed by atoms with van der Waals surface area (Å²) in [5.74, 6) is -2.29. The first-order chi connectivity index (χ1) is 12.9. The topological polar surface area (TPSA) is 45.8 Å². The van der Waals surface area contributed by atoms with Gasteiger partial charge in [-0.2, -0.15) is 14.8 Å². The van der Waals surface area contributed by atoms with Crippen molar-refractivity contribution in [2.75, 3.05) is 25.0 Å². The van der Waals surface area contributed by atoms with Gasteiger partial charge in [-0.15, -0.1) is 0 Å². The van der Waals surface area contributed by atoms with Crippen molar-refractivity contribution >= 4 is 24.1 Å². The molecule has 0 aliphatic carbocycles. The Morgan fingerprint density at radius 1 is 1.15 bits per heavy atom. The van der Waals surface area contributed by atoms with Gasteiger partial charge in [-0.1, -0.05) is 18.5 Å². The molecule has 0 spiro atoms. The lowest BCUT2D eigenvalue weighted by atomic mass is 9.98. The zero-order chi connectivity index (χ0) is 19.7. The molecular formula is C18H19ClF3N5. The number of piperidine rings is 1. The largest absolute Gasteiger partial charge is 0.356 e. The van der Waals surface area contributed by atoms with Crippen molar-refractivity contribution in [1.29, 1.82) is 0 Å². The number of rotatable bonds is 3. The summed E-state index contributed by atoms with van der Waals surface area (Å²) < 4.78 is 43.8. The predicted octanol–water partition coefficient (Wildman–Crippen LogP) is 3.85. The quantitative estimate of drug-likeness (QED) is 0.583. The van der Waals surface area contributed by atoms with Gasteiger partial charge in [-0.05, 0) is 18.8 Å². The first-order valence-corrected chi connectivity index (χ1v) is 8.87. The van der Waals surface area contributed by atoms with Crippen LogP contribution in [-0.2, 0) is 0 Å². The van der Waals surface area contributed by atoms with Crippen LogP contribution in [0.25, 0.3) is 11.1 Å². The SMILES string of the molecule is C=Nn1c(N2CCC(C)CC2)c(-c2c(F)cc(F)cc2F)c(Cl)nc1=NC. The van der Waals surface area contributed by atoms with E-state index >= 15 is 0 Å². The van der Waals surface area contributed by atoms with E-state index in [0.717, 1.165) is 12.8 Å². The molecule has 144 valence electrons. The van der Waals surface area contributed by atoms with E-state index in [9.17, 15) is 13.2 Å². The third-order valence-electron chi connectivity index (χ3n) is 4.70. The summed E-state index contributed by atoms with van der Waals surface area (Å²) in [5, 5.41) is 3.79. The molecule has 0 saturated carbocycles. The maximum Gasteiger partial charge on any atom is 0.248 e. The van der Waals surface area contributed by atoms with Crippen LogP contribution in [0.1, 0.15) is 19.8 Å². The van der Waals surface area contributed by atoms with Crippen molar-refractivity contribution in [2.24, 2.45) is 16.0 Å². The predicted molar refractivity (Wildman–Crippen MR) is 99.6 cm³/mol. The number of halogens is 4.